The predicted octanol–water partition coefficient (Wildman–Crippen LogP) is 0.991. The quantitative estimate of drug-likeness (QED) is 0.138. The molecule has 232 valence electrons. The molecule has 2 aromatic rings. The van der Waals surface area contributed by atoms with Crippen LogP contribution in [0.3, 0.4) is 0 Å². The van der Waals surface area contributed by atoms with Crippen LogP contribution >= 0.6 is 0 Å². The zero-order valence-electron chi connectivity index (χ0n) is 22.1. The minimum absolute atomic E-state index is 0.138. The molecule has 1 atom stereocenters. The van der Waals surface area contributed by atoms with Crippen LogP contribution in [0.4, 0.5) is 24.5 Å². The van der Waals surface area contributed by atoms with Crippen molar-refractivity contribution in [2.75, 3.05) is 18.4 Å². The van der Waals surface area contributed by atoms with Crippen molar-refractivity contribution < 1.29 is 57.1 Å². The van der Waals surface area contributed by atoms with Gasteiger partial charge >= 0.3 is 18.1 Å². The van der Waals surface area contributed by atoms with Crippen molar-refractivity contribution in [2.45, 2.75) is 31.5 Å². The number of carbonyl (C=O) groups excluding carboxylic acids is 4. The van der Waals surface area contributed by atoms with Crippen LogP contribution in [0.2, 0.25) is 0 Å². The second-order valence-electron chi connectivity index (χ2n) is 8.35. The Balaban J connectivity index is 0.00000117. The Morgan fingerprint density at radius 2 is 1.35 bits per heavy atom. The number of carboxylic acid groups (broad SMARTS) is 2. The van der Waals surface area contributed by atoms with Gasteiger partial charge in [0.05, 0.1) is 24.4 Å². The molecule has 0 bridgehead atoms. The predicted molar refractivity (Wildman–Crippen MR) is 140 cm³/mol. The number of rotatable bonds is 13. The van der Waals surface area contributed by atoms with E-state index in [1.807, 2.05) is 0 Å². The Bertz CT molecular complexity index is 1310. The number of halogens is 3. The van der Waals surface area contributed by atoms with Gasteiger partial charge in [-0.3, -0.25) is 34.1 Å². The number of carboxylic acids is 2. The van der Waals surface area contributed by atoms with E-state index in [0.29, 0.717) is 5.69 Å². The number of hydrogen-bond donors (Lipinski definition) is 6. The zero-order chi connectivity index (χ0) is 32.6. The van der Waals surface area contributed by atoms with Gasteiger partial charge in [-0.2, -0.15) is 13.2 Å². The summed E-state index contributed by atoms with van der Waals surface area (Å²) in [7, 11) is 0. The first-order valence-electron chi connectivity index (χ1n) is 12.0. The summed E-state index contributed by atoms with van der Waals surface area (Å²) in [6.07, 6.45) is -5.60. The molecule has 2 aromatic carbocycles. The Morgan fingerprint density at radius 3 is 1.86 bits per heavy atom. The highest BCUT2D eigenvalue weighted by Crippen LogP contribution is 2.16. The van der Waals surface area contributed by atoms with Crippen LogP contribution in [0.25, 0.3) is 0 Å². The molecule has 0 aliphatic rings. The molecular weight excluding hydrogens is 587 g/mol. The molecule has 0 heterocycles. The SMILES string of the molecule is O=C(O)C(F)(F)F.O=C(O)CCC(=O)NCC(=O)NCC(=O)N[C@@H](Cc1ccccc1)C(=O)Nc1ccc([N+](=O)[O-])cc1. The highest BCUT2D eigenvalue weighted by atomic mass is 19.4. The van der Waals surface area contributed by atoms with E-state index in [9.17, 15) is 47.3 Å². The summed E-state index contributed by atoms with van der Waals surface area (Å²) in [5, 5.41) is 36.2. The first-order valence-corrected chi connectivity index (χ1v) is 12.0. The highest BCUT2D eigenvalue weighted by molar-refractivity contribution is 5.98. The van der Waals surface area contributed by atoms with Gasteiger partial charge in [-0.1, -0.05) is 30.3 Å². The second kappa shape index (κ2) is 17.3. The van der Waals surface area contributed by atoms with Gasteiger partial charge in [0.2, 0.25) is 23.6 Å². The Kier molecular flexibility index (Phi) is 14.3. The molecule has 4 amide bonds. The lowest BCUT2D eigenvalue weighted by Gasteiger charge is -2.19. The van der Waals surface area contributed by atoms with E-state index < -0.39 is 65.8 Å². The van der Waals surface area contributed by atoms with Gasteiger partial charge in [-0.05, 0) is 17.7 Å². The molecule has 0 saturated heterocycles. The van der Waals surface area contributed by atoms with Gasteiger partial charge in [-0.15, -0.1) is 0 Å². The minimum Gasteiger partial charge on any atom is -0.481 e. The molecule has 43 heavy (non-hydrogen) atoms. The number of nitrogens with zero attached hydrogens (tertiary/aromatic N) is 1. The third-order valence-corrected chi connectivity index (χ3v) is 4.98. The number of nitrogens with one attached hydrogen (secondary N) is 4. The summed E-state index contributed by atoms with van der Waals surface area (Å²) >= 11 is 0. The third kappa shape index (κ3) is 15.1. The van der Waals surface area contributed by atoms with Gasteiger partial charge in [0, 0.05) is 30.7 Å². The van der Waals surface area contributed by atoms with Crippen LogP contribution in [0.1, 0.15) is 18.4 Å². The standard InChI is InChI=1S/C23H25N5O8.C2HF3O2/c29-19(10-11-22(32)33)24-13-20(30)25-14-21(31)27-18(12-15-4-2-1-3-5-15)23(34)26-16-6-8-17(9-7-16)28(35)36;3-2(4,5)1(6)7/h1-9,18H,10-14H2,(H,24,29)(H,25,30)(H,26,34)(H,27,31)(H,32,33);(H,6,7)/t18-;/m0./s1. The number of carbonyl (C=O) groups is 6. The molecule has 0 radical (unpaired) electrons. The second-order valence-corrected chi connectivity index (χ2v) is 8.35. The molecule has 0 unspecified atom stereocenters. The smallest absolute Gasteiger partial charge is 0.481 e. The van der Waals surface area contributed by atoms with E-state index in [2.05, 4.69) is 21.3 Å². The largest absolute Gasteiger partial charge is 0.490 e. The number of nitro groups is 1. The van der Waals surface area contributed by atoms with E-state index in [1.165, 1.54) is 24.3 Å². The van der Waals surface area contributed by atoms with Crippen molar-refractivity contribution in [2.24, 2.45) is 0 Å². The van der Waals surface area contributed by atoms with E-state index in [-0.39, 0.29) is 24.9 Å². The number of alkyl halides is 3. The molecule has 0 spiro atoms. The van der Waals surface area contributed by atoms with Crippen LogP contribution in [0.15, 0.2) is 54.6 Å². The number of anilines is 1. The maximum Gasteiger partial charge on any atom is 0.490 e. The molecule has 6 N–H and O–H groups in total. The van der Waals surface area contributed by atoms with Gasteiger partial charge in [0.25, 0.3) is 5.69 Å². The summed E-state index contributed by atoms with van der Waals surface area (Å²) in [5.41, 5.74) is 0.913. The number of non-ortho nitro benzene ring substituents is 1. The van der Waals surface area contributed by atoms with Gasteiger partial charge < -0.3 is 31.5 Å². The van der Waals surface area contributed by atoms with Crippen LogP contribution in [-0.2, 0) is 35.2 Å². The average Bonchev–Trinajstić information content (AvgIpc) is 2.94. The number of amides is 4. The molecule has 0 aromatic heterocycles. The number of hydrogen-bond acceptors (Lipinski definition) is 8. The van der Waals surface area contributed by atoms with Gasteiger partial charge in [0.1, 0.15) is 6.04 Å². The van der Waals surface area contributed by atoms with Gasteiger partial charge in [0.15, 0.2) is 0 Å². The zero-order valence-corrected chi connectivity index (χ0v) is 22.1. The lowest BCUT2D eigenvalue weighted by molar-refractivity contribution is -0.384. The number of nitro benzene ring substituents is 1. The van der Waals surface area contributed by atoms with E-state index in [1.54, 1.807) is 30.3 Å². The van der Waals surface area contributed by atoms with Crippen molar-refractivity contribution in [1.29, 1.82) is 0 Å². The molecule has 15 nitrogen and oxygen atoms in total. The monoisotopic (exact) mass is 613 g/mol. The molecule has 18 heteroatoms. The van der Waals surface area contributed by atoms with Crippen LogP contribution in [0, 0.1) is 10.1 Å². The summed E-state index contributed by atoms with van der Waals surface area (Å²) in [6.45, 7) is -0.917. The third-order valence-electron chi connectivity index (χ3n) is 4.98. The van der Waals surface area contributed by atoms with Crippen molar-refractivity contribution >= 4 is 46.9 Å². The molecule has 2 rings (SSSR count). The first-order chi connectivity index (χ1) is 20.1. The summed E-state index contributed by atoms with van der Waals surface area (Å²) in [5.74, 6) is -6.44. The van der Waals surface area contributed by atoms with E-state index in [0.717, 1.165) is 5.56 Å². The lowest BCUT2D eigenvalue weighted by atomic mass is 10.0. The van der Waals surface area contributed by atoms with Crippen LogP contribution < -0.4 is 21.3 Å². The molecule has 0 aliphatic heterocycles. The van der Waals surface area contributed by atoms with E-state index >= 15 is 0 Å². The Hall–Kier alpha value is -5.55. The van der Waals surface area contributed by atoms with Crippen LogP contribution in [0.5, 0.6) is 0 Å². The molecule has 0 aliphatic carbocycles. The minimum atomic E-state index is -5.08. The molecule has 0 fully saturated rings. The van der Waals surface area contributed by atoms with Crippen LogP contribution in [-0.4, -0.2) is 76.0 Å². The lowest BCUT2D eigenvalue weighted by Crippen LogP contribution is -2.49. The van der Waals surface area contributed by atoms with Crippen molar-refractivity contribution in [1.82, 2.24) is 16.0 Å². The number of benzene rings is 2. The summed E-state index contributed by atoms with van der Waals surface area (Å²) < 4.78 is 31.7. The average molecular weight is 614 g/mol. The Morgan fingerprint density at radius 1 is 0.814 bits per heavy atom. The topological polar surface area (TPSA) is 234 Å². The van der Waals surface area contributed by atoms with Crippen molar-refractivity contribution in [3.8, 4) is 0 Å². The maximum absolute atomic E-state index is 12.9. The highest BCUT2D eigenvalue weighted by Gasteiger charge is 2.38. The fourth-order valence-corrected chi connectivity index (χ4v) is 2.93. The Labute approximate surface area is 240 Å². The summed E-state index contributed by atoms with van der Waals surface area (Å²) in [4.78, 5) is 78.2. The molecule has 0 saturated carbocycles. The van der Waals surface area contributed by atoms with E-state index in [4.69, 9.17) is 15.0 Å². The normalized spacial score (nSPS) is 11.0. The van der Waals surface area contributed by atoms with Gasteiger partial charge in [-0.25, -0.2) is 4.79 Å². The van der Waals surface area contributed by atoms with Crippen molar-refractivity contribution in [3.63, 3.8) is 0 Å². The maximum atomic E-state index is 12.9. The fourth-order valence-electron chi connectivity index (χ4n) is 2.93. The van der Waals surface area contributed by atoms with Crippen molar-refractivity contribution in [3.05, 3.63) is 70.3 Å². The first kappa shape index (κ1) is 35.5. The summed E-state index contributed by atoms with van der Waals surface area (Å²) in [6, 6.07) is 13.0. The fraction of sp³-hybridized carbons (Fsp3) is 0.280. The number of aliphatic carboxylic acids is 2. The molecular formula is C25H26F3N5O10.